The molecule has 4 nitrogen and oxygen atoms in total. The van der Waals surface area contributed by atoms with Gasteiger partial charge in [0, 0.05) is 38.8 Å². The fourth-order valence-electron chi connectivity index (χ4n) is 2.21. The minimum absolute atomic E-state index is 0.228. The summed E-state index contributed by atoms with van der Waals surface area (Å²) in [4.78, 5) is 16.8. The van der Waals surface area contributed by atoms with Gasteiger partial charge in [0.25, 0.3) is 0 Å². The van der Waals surface area contributed by atoms with Crippen molar-refractivity contribution in [3.63, 3.8) is 0 Å². The second kappa shape index (κ2) is 5.83. The number of nitrogens with two attached hydrogens (primary N) is 1. The van der Waals surface area contributed by atoms with E-state index in [1.807, 2.05) is 18.7 Å². The summed E-state index contributed by atoms with van der Waals surface area (Å²) < 4.78 is 0. The second-order valence-electron chi connectivity index (χ2n) is 5.54. The molecule has 0 bridgehead atoms. The van der Waals surface area contributed by atoms with Gasteiger partial charge in [-0.25, -0.2) is 0 Å². The number of hydrogen-bond donors (Lipinski definition) is 1. The molecular weight excluding hydrogens is 214 g/mol. The summed E-state index contributed by atoms with van der Waals surface area (Å²) in [5, 5.41) is 0. The van der Waals surface area contributed by atoms with Crippen molar-refractivity contribution in [2.24, 2.45) is 11.1 Å². The van der Waals surface area contributed by atoms with Crippen molar-refractivity contribution in [2.45, 2.75) is 40.2 Å². The maximum absolute atomic E-state index is 12.4. The zero-order chi connectivity index (χ0) is 13.1. The second-order valence-corrected chi connectivity index (χ2v) is 5.54. The van der Waals surface area contributed by atoms with Gasteiger partial charge in [-0.2, -0.15) is 0 Å². The molecule has 0 saturated carbocycles. The van der Waals surface area contributed by atoms with Gasteiger partial charge in [-0.3, -0.25) is 9.69 Å². The lowest BCUT2D eigenvalue weighted by molar-refractivity contribution is -0.143. The van der Waals surface area contributed by atoms with E-state index >= 15 is 0 Å². The summed E-state index contributed by atoms with van der Waals surface area (Å²) in [6.07, 6.45) is 0.812. The maximum atomic E-state index is 12.4. The van der Waals surface area contributed by atoms with Crippen molar-refractivity contribution < 1.29 is 4.79 Å². The molecule has 0 aromatic carbocycles. The monoisotopic (exact) mass is 241 g/mol. The lowest BCUT2D eigenvalue weighted by atomic mass is 9.86. The predicted molar refractivity (Wildman–Crippen MR) is 70.7 cm³/mol. The van der Waals surface area contributed by atoms with E-state index in [0.717, 1.165) is 32.6 Å². The molecule has 0 aliphatic carbocycles. The Morgan fingerprint density at radius 1 is 1.29 bits per heavy atom. The van der Waals surface area contributed by atoms with Crippen molar-refractivity contribution in [1.29, 1.82) is 0 Å². The summed E-state index contributed by atoms with van der Waals surface area (Å²) in [5.41, 5.74) is 5.37. The number of rotatable bonds is 4. The van der Waals surface area contributed by atoms with E-state index in [9.17, 15) is 4.79 Å². The van der Waals surface area contributed by atoms with E-state index in [-0.39, 0.29) is 11.3 Å². The van der Waals surface area contributed by atoms with E-state index in [1.165, 1.54) is 0 Å². The van der Waals surface area contributed by atoms with Crippen LogP contribution in [0.5, 0.6) is 0 Å². The molecule has 1 aliphatic heterocycles. The lowest BCUT2D eigenvalue weighted by Crippen LogP contribution is -2.55. The average molecular weight is 241 g/mol. The third-order valence-corrected chi connectivity index (χ3v) is 4.08. The highest BCUT2D eigenvalue weighted by Crippen LogP contribution is 2.23. The topological polar surface area (TPSA) is 49.6 Å². The van der Waals surface area contributed by atoms with Crippen LogP contribution < -0.4 is 5.73 Å². The van der Waals surface area contributed by atoms with Gasteiger partial charge in [0.15, 0.2) is 0 Å². The molecule has 1 atom stereocenters. The first-order valence-corrected chi connectivity index (χ1v) is 6.68. The largest absolute Gasteiger partial charge is 0.340 e. The van der Waals surface area contributed by atoms with Crippen LogP contribution in [0.15, 0.2) is 0 Å². The molecule has 1 fully saturated rings. The molecule has 17 heavy (non-hydrogen) atoms. The number of carbonyl (C=O) groups is 1. The van der Waals surface area contributed by atoms with Gasteiger partial charge in [0.2, 0.25) is 5.91 Å². The van der Waals surface area contributed by atoms with Crippen molar-refractivity contribution in [3.8, 4) is 0 Å². The summed E-state index contributed by atoms with van der Waals surface area (Å²) in [5.74, 6) is 0.228. The van der Waals surface area contributed by atoms with Crippen LogP contribution in [0.25, 0.3) is 0 Å². The van der Waals surface area contributed by atoms with Crippen molar-refractivity contribution in [3.05, 3.63) is 0 Å². The maximum Gasteiger partial charge on any atom is 0.229 e. The zero-order valence-electron chi connectivity index (χ0n) is 11.7. The Hall–Kier alpha value is -0.610. The number of piperazine rings is 1. The van der Waals surface area contributed by atoms with E-state index in [4.69, 9.17) is 5.73 Å². The van der Waals surface area contributed by atoms with Crippen LogP contribution in [0, 0.1) is 5.41 Å². The molecule has 1 aliphatic rings. The van der Waals surface area contributed by atoms with E-state index < -0.39 is 0 Å². The lowest BCUT2D eigenvalue weighted by Gasteiger charge is -2.40. The van der Waals surface area contributed by atoms with Crippen molar-refractivity contribution >= 4 is 5.91 Å². The first-order valence-electron chi connectivity index (χ1n) is 6.68. The first-order chi connectivity index (χ1) is 7.94. The Bertz CT molecular complexity index is 253. The summed E-state index contributed by atoms with van der Waals surface area (Å²) in [6, 6.07) is 0.569. The molecule has 1 unspecified atom stereocenters. The standard InChI is InChI=1S/C13H27N3O/c1-5-13(4,10-14)12(17)16-8-6-15(7-9-16)11(2)3/h11H,5-10,14H2,1-4H3. The fraction of sp³-hybridized carbons (Fsp3) is 0.923. The van der Waals surface area contributed by atoms with Crippen LogP contribution >= 0.6 is 0 Å². The molecule has 100 valence electrons. The average Bonchev–Trinajstić information content (AvgIpc) is 2.37. The molecule has 0 aromatic heterocycles. The number of amides is 1. The van der Waals surface area contributed by atoms with Crippen LogP contribution in [0.3, 0.4) is 0 Å². The molecule has 0 spiro atoms. The minimum atomic E-state index is -0.375. The van der Waals surface area contributed by atoms with Crippen LogP contribution in [0.4, 0.5) is 0 Å². The molecule has 0 radical (unpaired) electrons. The van der Waals surface area contributed by atoms with Crippen LogP contribution in [-0.2, 0) is 4.79 Å². The SMILES string of the molecule is CCC(C)(CN)C(=O)N1CCN(C(C)C)CC1. The Morgan fingerprint density at radius 3 is 2.18 bits per heavy atom. The molecule has 4 heteroatoms. The van der Waals surface area contributed by atoms with Crippen LogP contribution in [-0.4, -0.2) is 54.5 Å². The van der Waals surface area contributed by atoms with Gasteiger partial charge in [-0.15, -0.1) is 0 Å². The van der Waals surface area contributed by atoms with E-state index in [0.29, 0.717) is 12.6 Å². The van der Waals surface area contributed by atoms with E-state index in [2.05, 4.69) is 18.7 Å². The Kier molecular flexibility index (Phi) is 4.95. The van der Waals surface area contributed by atoms with E-state index in [1.54, 1.807) is 0 Å². The predicted octanol–water partition coefficient (Wildman–Crippen LogP) is 0.914. The molecule has 1 amide bonds. The zero-order valence-corrected chi connectivity index (χ0v) is 11.7. The summed E-state index contributed by atoms with van der Waals surface area (Å²) in [7, 11) is 0. The third kappa shape index (κ3) is 3.19. The molecule has 2 N–H and O–H groups in total. The Labute approximate surface area is 105 Å². The Balaban J connectivity index is 2.57. The quantitative estimate of drug-likeness (QED) is 0.796. The molecule has 1 rings (SSSR count). The summed E-state index contributed by atoms with van der Waals surface area (Å²) >= 11 is 0. The molecule has 1 saturated heterocycles. The minimum Gasteiger partial charge on any atom is -0.340 e. The van der Waals surface area contributed by atoms with Crippen LogP contribution in [0.1, 0.15) is 34.1 Å². The van der Waals surface area contributed by atoms with Gasteiger partial charge < -0.3 is 10.6 Å². The normalized spacial score (nSPS) is 21.6. The van der Waals surface area contributed by atoms with Gasteiger partial charge >= 0.3 is 0 Å². The highest BCUT2D eigenvalue weighted by atomic mass is 16.2. The van der Waals surface area contributed by atoms with Crippen molar-refractivity contribution in [1.82, 2.24) is 9.80 Å². The molecule has 1 heterocycles. The first kappa shape index (κ1) is 14.5. The molecular formula is C13H27N3O. The van der Waals surface area contributed by atoms with Gasteiger partial charge in [0.1, 0.15) is 0 Å². The highest BCUT2D eigenvalue weighted by molar-refractivity contribution is 5.82. The van der Waals surface area contributed by atoms with Gasteiger partial charge in [-0.1, -0.05) is 6.92 Å². The third-order valence-electron chi connectivity index (χ3n) is 4.08. The van der Waals surface area contributed by atoms with Crippen molar-refractivity contribution in [2.75, 3.05) is 32.7 Å². The fourth-order valence-corrected chi connectivity index (χ4v) is 2.21. The number of nitrogens with zero attached hydrogens (tertiary/aromatic N) is 2. The number of carbonyl (C=O) groups excluding carboxylic acids is 1. The van der Waals surface area contributed by atoms with Crippen LogP contribution in [0.2, 0.25) is 0 Å². The van der Waals surface area contributed by atoms with Gasteiger partial charge in [-0.05, 0) is 27.2 Å². The summed E-state index contributed by atoms with van der Waals surface area (Å²) in [6.45, 7) is 12.5. The smallest absolute Gasteiger partial charge is 0.229 e. The Morgan fingerprint density at radius 2 is 1.82 bits per heavy atom. The van der Waals surface area contributed by atoms with Gasteiger partial charge in [0.05, 0.1) is 5.41 Å². The molecule has 0 aromatic rings. The highest BCUT2D eigenvalue weighted by Gasteiger charge is 2.35. The number of hydrogen-bond acceptors (Lipinski definition) is 3.